The van der Waals surface area contributed by atoms with Crippen molar-refractivity contribution in [3.8, 4) is 5.75 Å². The minimum absolute atomic E-state index is 0.199. The Bertz CT molecular complexity index is 595. The summed E-state index contributed by atoms with van der Waals surface area (Å²) < 4.78 is 20.3. The maximum Gasteiger partial charge on any atom is 0.268 e. The first-order valence-corrected chi connectivity index (χ1v) is 7.43. The van der Waals surface area contributed by atoms with E-state index in [0.29, 0.717) is 30.7 Å². The van der Waals surface area contributed by atoms with Crippen molar-refractivity contribution in [2.75, 3.05) is 31.5 Å². The smallest absolute Gasteiger partial charge is 0.268 e. The molecule has 1 aliphatic carbocycles. The highest BCUT2D eigenvalue weighted by Gasteiger charge is 2.55. The fourth-order valence-electron chi connectivity index (χ4n) is 2.96. The van der Waals surface area contributed by atoms with Gasteiger partial charge in [-0.15, -0.1) is 0 Å². The van der Waals surface area contributed by atoms with Gasteiger partial charge in [-0.25, -0.2) is 4.39 Å². The van der Waals surface area contributed by atoms with Gasteiger partial charge in [-0.1, -0.05) is 6.07 Å². The molecule has 6 heteroatoms. The molecule has 1 saturated heterocycles. The number of rotatable bonds is 2. The van der Waals surface area contributed by atoms with Gasteiger partial charge in [0.2, 0.25) is 0 Å². The summed E-state index contributed by atoms with van der Waals surface area (Å²) in [5.74, 6) is -0.128. The largest absolute Gasteiger partial charge is 0.475 e. The highest BCUT2D eigenvalue weighted by atomic mass is 19.1. The van der Waals surface area contributed by atoms with Crippen molar-refractivity contribution >= 4 is 11.6 Å². The van der Waals surface area contributed by atoms with Crippen LogP contribution >= 0.6 is 0 Å². The predicted molar refractivity (Wildman–Crippen MR) is 75.8 cm³/mol. The molecule has 0 atom stereocenters. The van der Waals surface area contributed by atoms with Gasteiger partial charge in [0.25, 0.3) is 5.91 Å². The van der Waals surface area contributed by atoms with E-state index >= 15 is 0 Å². The molecule has 112 valence electrons. The third-order valence-electron chi connectivity index (χ3n) is 4.45. The number of anilines is 1. The first kappa shape index (κ1) is 13.0. The van der Waals surface area contributed by atoms with Crippen LogP contribution in [0.4, 0.5) is 10.1 Å². The van der Waals surface area contributed by atoms with E-state index in [9.17, 15) is 9.18 Å². The number of carbonyl (C=O) groups is 1. The zero-order valence-electron chi connectivity index (χ0n) is 11.7. The van der Waals surface area contributed by atoms with E-state index in [2.05, 4.69) is 15.5 Å². The average Bonchev–Trinajstić information content (AvgIpc) is 3.26. The number of ether oxygens (including phenoxy) is 1. The van der Waals surface area contributed by atoms with Gasteiger partial charge < -0.3 is 15.4 Å². The molecule has 3 aliphatic rings. The number of hydrogen-bond donors (Lipinski definition) is 2. The normalized spacial score (nSPS) is 23.4. The van der Waals surface area contributed by atoms with Crippen LogP contribution in [-0.2, 0) is 11.3 Å². The molecule has 2 N–H and O–H groups in total. The summed E-state index contributed by atoms with van der Waals surface area (Å²) in [6.07, 6.45) is 1.42. The molecule has 1 aromatic carbocycles. The van der Waals surface area contributed by atoms with Crippen LogP contribution in [0, 0.1) is 5.82 Å². The quantitative estimate of drug-likeness (QED) is 0.856. The highest BCUT2D eigenvalue weighted by Crippen LogP contribution is 2.47. The van der Waals surface area contributed by atoms with Crippen LogP contribution in [0.2, 0.25) is 0 Å². The monoisotopic (exact) mass is 291 g/mol. The number of carbonyl (C=O) groups excluding carboxylic acids is 1. The zero-order valence-corrected chi connectivity index (χ0v) is 11.7. The van der Waals surface area contributed by atoms with Crippen molar-refractivity contribution in [2.45, 2.75) is 25.0 Å². The Kier molecular flexibility index (Phi) is 2.90. The van der Waals surface area contributed by atoms with Gasteiger partial charge >= 0.3 is 0 Å². The fraction of sp³-hybridized carbons (Fsp3) is 0.533. The lowest BCUT2D eigenvalue weighted by atomic mass is 10.1. The van der Waals surface area contributed by atoms with E-state index in [-0.39, 0.29) is 17.4 Å². The standard InChI is InChI=1S/C15H18FN3O2/c16-12-10(9-19-7-5-17-6-8-19)1-2-11-13(12)18-14(20)15(21-11)3-4-15/h1-2,17H,3-9H2,(H,18,20). The second-order valence-electron chi connectivity index (χ2n) is 5.99. The van der Waals surface area contributed by atoms with Crippen molar-refractivity contribution in [3.05, 3.63) is 23.5 Å². The van der Waals surface area contributed by atoms with E-state index in [1.165, 1.54) is 0 Å². The Morgan fingerprint density at radius 3 is 2.76 bits per heavy atom. The minimum Gasteiger partial charge on any atom is -0.475 e. The van der Waals surface area contributed by atoms with Crippen LogP contribution in [-0.4, -0.2) is 42.6 Å². The molecular weight excluding hydrogens is 273 g/mol. The Labute approximate surface area is 122 Å². The fourth-order valence-corrected chi connectivity index (χ4v) is 2.96. The Morgan fingerprint density at radius 1 is 1.29 bits per heavy atom. The maximum atomic E-state index is 14.6. The van der Waals surface area contributed by atoms with Crippen molar-refractivity contribution in [3.63, 3.8) is 0 Å². The van der Waals surface area contributed by atoms with E-state index in [1.54, 1.807) is 12.1 Å². The van der Waals surface area contributed by atoms with E-state index < -0.39 is 5.60 Å². The van der Waals surface area contributed by atoms with Crippen LogP contribution in [0.15, 0.2) is 12.1 Å². The van der Waals surface area contributed by atoms with Crippen molar-refractivity contribution in [1.29, 1.82) is 0 Å². The number of fused-ring (bicyclic) bond motifs is 1. The average molecular weight is 291 g/mol. The predicted octanol–water partition coefficient (Wildman–Crippen LogP) is 1.09. The number of halogens is 1. The number of benzene rings is 1. The Hall–Kier alpha value is -1.66. The summed E-state index contributed by atoms with van der Waals surface area (Å²) in [4.78, 5) is 14.2. The molecule has 0 unspecified atom stereocenters. The lowest BCUT2D eigenvalue weighted by molar-refractivity contribution is -0.125. The summed E-state index contributed by atoms with van der Waals surface area (Å²) in [5, 5.41) is 5.96. The van der Waals surface area contributed by atoms with E-state index in [4.69, 9.17) is 4.74 Å². The second-order valence-corrected chi connectivity index (χ2v) is 5.99. The summed E-state index contributed by atoms with van der Waals surface area (Å²) in [6.45, 7) is 4.22. The molecule has 1 aromatic rings. The molecule has 5 nitrogen and oxygen atoms in total. The third-order valence-corrected chi connectivity index (χ3v) is 4.45. The van der Waals surface area contributed by atoms with Crippen LogP contribution in [0.3, 0.4) is 0 Å². The second kappa shape index (κ2) is 4.68. The van der Waals surface area contributed by atoms with Crippen molar-refractivity contribution < 1.29 is 13.9 Å². The molecule has 1 amide bonds. The lowest BCUT2D eigenvalue weighted by Crippen LogP contribution is -2.43. The van der Waals surface area contributed by atoms with Crippen molar-refractivity contribution in [1.82, 2.24) is 10.2 Å². The molecule has 2 heterocycles. The first-order chi connectivity index (χ1) is 10.2. The number of hydrogen-bond acceptors (Lipinski definition) is 4. The molecule has 4 rings (SSSR count). The van der Waals surface area contributed by atoms with Gasteiger partial charge in [0.05, 0.1) is 0 Å². The topological polar surface area (TPSA) is 53.6 Å². The zero-order chi connectivity index (χ0) is 14.4. The molecule has 2 fully saturated rings. The molecular formula is C15H18FN3O2. The summed E-state index contributed by atoms with van der Waals surface area (Å²) in [5.41, 5.74) is 0.0796. The number of piperazine rings is 1. The Morgan fingerprint density at radius 2 is 2.05 bits per heavy atom. The van der Waals surface area contributed by atoms with Gasteiger partial charge in [0.1, 0.15) is 11.4 Å². The van der Waals surface area contributed by atoms with Crippen LogP contribution < -0.4 is 15.4 Å². The summed E-state index contributed by atoms with van der Waals surface area (Å²) in [6, 6.07) is 3.54. The number of amides is 1. The van der Waals surface area contributed by atoms with Gasteiger partial charge in [-0.05, 0) is 6.07 Å². The summed E-state index contributed by atoms with van der Waals surface area (Å²) >= 11 is 0. The number of nitrogens with one attached hydrogen (secondary N) is 2. The van der Waals surface area contributed by atoms with Crippen LogP contribution in [0.5, 0.6) is 5.75 Å². The SMILES string of the molecule is O=C1Nc2c(ccc(CN3CCNCC3)c2F)OC12CC2. The van der Waals surface area contributed by atoms with Crippen LogP contribution in [0.25, 0.3) is 0 Å². The van der Waals surface area contributed by atoms with Crippen molar-refractivity contribution in [2.24, 2.45) is 0 Å². The summed E-state index contributed by atoms with van der Waals surface area (Å²) in [7, 11) is 0. The number of nitrogens with zero attached hydrogens (tertiary/aromatic N) is 1. The van der Waals surface area contributed by atoms with E-state index in [1.807, 2.05) is 0 Å². The molecule has 0 radical (unpaired) electrons. The maximum absolute atomic E-state index is 14.6. The van der Waals surface area contributed by atoms with Gasteiger partial charge in [0, 0.05) is 51.1 Å². The molecule has 2 aliphatic heterocycles. The Balaban J connectivity index is 1.59. The molecule has 1 saturated carbocycles. The molecule has 21 heavy (non-hydrogen) atoms. The van der Waals surface area contributed by atoms with Crippen LogP contribution in [0.1, 0.15) is 18.4 Å². The minimum atomic E-state index is -0.723. The van der Waals surface area contributed by atoms with Gasteiger partial charge in [0.15, 0.2) is 11.4 Å². The highest BCUT2D eigenvalue weighted by molar-refractivity contribution is 6.02. The first-order valence-electron chi connectivity index (χ1n) is 7.43. The van der Waals surface area contributed by atoms with E-state index in [0.717, 1.165) is 26.2 Å². The third kappa shape index (κ3) is 2.18. The van der Waals surface area contributed by atoms with Gasteiger partial charge in [-0.3, -0.25) is 9.69 Å². The van der Waals surface area contributed by atoms with Gasteiger partial charge in [-0.2, -0.15) is 0 Å². The molecule has 1 spiro atoms. The molecule has 0 bridgehead atoms. The molecule has 0 aromatic heterocycles. The lowest BCUT2D eigenvalue weighted by Gasteiger charge is -2.29.